The average molecular weight is 444 g/mol. The molecule has 4 aliphatic rings. The number of aromatic nitrogens is 3. The van der Waals surface area contributed by atoms with Crippen LogP contribution in [0.5, 0.6) is 0 Å². The first kappa shape index (κ1) is 20.4. The normalized spacial score (nSPS) is 29.9. The Hall–Kier alpha value is -3.22. The van der Waals surface area contributed by atoms with Crippen LogP contribution >= 0.6 is 0 Å². The highest BCUT2D eigenvalue weighted by molar-refractivity contribution is 5.94. The van der Waals surface area contributed by atoms with Crippen molar-refractivity contribution < 1.29 is 9.59 Å². The molecule has 7 nitrogen and oxygen atoms in total. The number of carbonyl (C=O) groups is 2. The Morgan fingerprint density at radius 1 is 0.939 bits per heavy atom. The van der Waals surface area contributed by atoms with Crippen LogP contribution in [0.25, 0.3) is 5.65 Å². The first-order valence-electron chi connectivity index (χ1n) is 11.8. The maximum Gasteiger partial charge on any atom is 0.271 e. The third-order valence-electron chi connectivity index (χ3n) is 7.79. The number of pyridine rings is 2. The molecule has 170 valence electrons. The summed E-state index contributed by atoms with van der Waals surface area (Å²) in [6.45, 7) is 3.91. The van der Waals surface area contributed by atoms with Crippen LogP contribution in [-0.4, -0.2) is 37.3 Å². The number of nitrogens with zero attached hydrogens (tertiary/aromatic N) is 3. The van der Waals surface area contributed by atoms with Crippen molar-refractivity contribution in [3.05, 3.63) is 65.4 Å². The molecular weight excluding hydrogens is 414 g/mol. The van der Waals surface area contributed by atoms with Crippen molar-refractivity contribution in [3.8, 4) is 0 Å². The van der Waals surface area contributed by atoms with Gasteiger partial charge >= 0.3 is 0 Å². The molecule has 2 amide bonds. The van der Waals surface area contributed by atoms with E-state index in [0.717, 1.165) is 49.0 Å². The van der Waals surface area contributed by atoms with Crippen molar-refractivity contribution >= 4 is 17.5 Å². The van der Waals surface area contributed by atoms with E-state index in [0.29, 0.717) is 23.2 Å². The zero-order valence-electron chi connectivity index (χ0n) is 19.1. The lowest BCUT2D eigenvalue weighted by Crippen LogP contribution is -2.69. The molecule has 4 aliphatic carbocycles. The van der Waals surface area contributed by atoms with Gasteiger partial charge in [-0.15, -0.1) is 0 Å². The number of hydrogen-bond acceptors (Lipinski definition) is 4. The summed E-state index contributed by atoms with van der Waals surface area (Å²) < 4.78 is 1.89. The molecule has 3 heterocycles. The highest BCUT2D eigenvalue weighted by Crippen LogP contribution is 2.57. The Bertz CT molecular complexity index is 1260. The SMILES string of the molecule is Cc1ccn2cc(C(=O)NC34CC5CC(CC(NC(=O)c6cccc(C)n6)(C5)C3)C4)nc2c1. The number of carbonyl (C=O) groups excluding carboxylic acids is 2. The van der Waals surface area contributed by atoms with E-state index >= 15 is 0 Å². The lowest BCUT2D eigenvalue weighted by atomic mass is 9.49. The number of imidazole rings is 1. The fraction of sp³-hybridized carbons (Fsp3) is 0.462. The summed E-state index contributed by atoms with van der Waals surface area (Å²) in [5.74, 6) is 0.792. The van der Waals surface area contributed by atoms with Crippen molar-refractivity contribution in [2.75, 3.05) is 0 Å². The van der Waals surface area contributed by atoms with Gasteiger partial charge in [0.25, 0.3) is 11.8 Å². The van der Waals surface area contributed by atoms with Crippen LogP contribution in [0, 0.1) is 25.7 Å². The van der Waals surface area contributed by atoms with E-state index in [1.807, 2.05) is 48.7 Å². The summed E-state index contributed by atoms with van der Waals surface area (Å²) >= 11 is 0. The fourth-order valence-corrected chi connectivity index (χ4v) is 7.03. The van der Waals surface area contributed by atoms with E-state index in [9.17, 15) is 9.59 Å². The Morgan fingerprint density at radius 3 is 2.27 bits per heavy atom. The van der Waals surface area contributed by atoms with E-state index in [-0.39, 0.29) is 22.9 Å². The van der Waals surface area contributed by atoms with E-state index in [4.69, 9.17) is 0 Å². The molecule has 0 aliphatic heterocycles. The van der Waals surface area contributed by atoms with Gasteiger partial charge in [0.05, 0.1) is 0 Å². The molecule has 3 aromatic rings. The minimum Gasteiger partial charge on any atom is -0.345 e. The molecule has 4 fully saturated rings. The van der Waals surface area contributed by atoms with Crippen molar-refractivity contribution in [2.45, 2.75) is 63.5 Å². The minimum atomic E-state index is -0.291. The molecular formula is C26H29N5O2. The Morgan fingerprint density at radius 2 is 1.61 bits per heavy atom. The third kappa shape index (κ3) is 3.59. The molecule has 2 unspecified atom stereocenters. The standard InChI is InChI=1S/C26H29N5O2/c1-16-6-7-31-14-21(28-22(31)8-16)24(33)30-26-12-18-9-19(13-26)11-25(10-18,15-26)29-23(32)20-5-3-4-17(2)27-20/h3-8,14,18-19H,9-13,15H2,1-2H3,(H,29,32)(H,30,33). The van der Waals surface area contributed by atoms with Gasteiger partial charge in [-0.25, -0.2) is 9.97 Å². The molecule has 7 heteroatoms. The Kier molecular flexibility index (Phi) is 4.41. The highest BCUT2D eigenvalue weighted by Gasteiger charge is 2.59. The molecule has 7 rings (SSSR count). The van der Waals surface area contributed by atoms with E-state index in [1.54, 1.807) is 12.3 Å². The highest BCUT2D eigenvalue weighted by atomic mass is 16.2. The van der Waals surface area contributed by atoms with Crippen LogP contribution in [0.2, 0.25) is 0 Å². The van der Waals surface area contributed by atoms with Gasteiger partial charge in [0.2, 0.25) is 0 Å². The molecule has 3 aromatic heterocycles. The second-order valence-corrected chi connectivity index (χ2v) is 10.7. The van der Waals surface area contributed by atoms with Crippen LogP contribution in [0.1, 0.15) is 70.8 Å². The van der Waals surface area contributed by atoms with Gasteiger partial charge in [-0.3, -0.25) is 9.59 Å². The summed E-state index contributed by atoms with van der Waals surface area (Å²) in [5.41, 5.74) is 3.06. The molecule has 2 atom stereocenters. The maximum atomic E-state index is 13.3. The fourth-order valence-electron chi connectivity index (χ4n) is 7.03. The number of nitrogens with one attached hydrogen (secondary N) is 2. The minimum absolute atomic E-state index is 0.113. The molecule has 0 spiro atoms. The number of hydrogen-bond donors (Lipinski definition) is 2. The van der Waals surface area contributed by atoms with Crippen LogP contribution in [-0.2, 0) is 0 Å². The van der Waals surface area contributed by atoms with Crippen LogP contribution < -0.4 is 10.6 Å². The van der Waals surface area contributed by atoms with E-state index < -0.39 is 0 Å². The van der Waals surface area contributed by atoms with Gasteiger partial charge in [0.15, 0.2) is 0 Å². The van der Waals surface area contributed by atoms with Gasteiger partial charge in [-0.05, 0) is 94.0 Å². The van der Waals surface area contributed by atoms with Crippen molar-refractivity contribution in [2.24, 2.45) is 11.8 Å². The van der Waals surface area contributed by atoms with Crippen LogP contribution in [0.15, 0.2) is 42.7 Å². The Labute approximate surface area is 193 Å². The summed E-state index contributed by atoms with van der Waals surface area (Å²) in [6, 6.07) is 9.52. The van der Waals surface area contributed by atoms with Crippen molar-refractivity contribution in [1.82, 2.24) is 25.0 Å². The summed E-state index contributed by atoms with van der Waals surface area (Å²) in [6.07, 6.45) is 9.59. The lowest BCUT2D eigenvalue weighted by molar-refractivity contribution is -0.0449. The molecule has 2 N–H and O–H groups in total. The predicted octanol–water partition coefficient (Wildman–Crippen LogP) is 3.60. The van der Waals surface area contributed by atoms with Crippen LogP contribution in [0.3, 0.4) is 0 Å². The quantitative estimate of drug-likeness (QED) is 0.645. The monoisotopic (exact) mass is 443 g/mol. The van der Waals surface area contributed by atoms with Gasteiger partial charge in [-0.2, -0.15) is 0 Å². The van der Waals surface area contributed by atoms with Crippen molar-refractivity contribution in [1.29, 1.82) is 0 Å². The second-order valence-electron chi connectivity index (χ2n) is 10.7. The summed E-state index contributed by atoms with van der Waals surface area (Å²) in [5, 5.41) is 6.74. The van der Waals surface area contributed by atoms with Gasteiger partial charge in [-0.1, -0.05) is 6.07 Å². The molecule has 0 aromatic carbocycles. The smallest absolute Gasteiger partial charge is 0.271 e. The first-order chi connectivity index (χ1) is 15.8. The Balaban J connectivity index is 1.25. The molecule has 0 saturated heterocycles. The number of aryl methyl sites for hydroxylation is 2. The van der Waals surface area contributed by atoms with Gasteiger partial charge in [0, 0.05) is 29.2 Å². The molecule has 4 saturated carbocycles. The zero-order chi connectivity index (χ0) is 22.8. The van der Waals surface area contributed by atoms with E-state index in [2.05, 4.69) is 20.6 Å². The number of fused-ring (bicyclic) bond motifs is 1. The molecule has 0 radical (unpaired) electrons. The largest absolute Gasteiger partial charge is 0.345 e. The first-order valence-corrected chi connectivity index (χ1v) is 11.8. The lowest BCUT2D eigenvalue weighted by Gasteiger charge is -2.62. The van der Waals surface area contributed by atoms with Gasteiger partial charge in [0.1, 0.15) is 17.0 Å². The molecule has 4 bridgehead atoms. The van der Waals surface area contributed by atoms with Crippen LogP contribution in [0.4, 0.5) is 0 Å². The topological polar surface area (TPSA) is 88.4 Å². The van der Waals surface area contributed by atoms with Gasteiger partial charge < -0.3 is 15.0 Å². The summed E-state index contributed by atoms with van der Waals surface area (Å²) in [7, 11) is 0. The number of rotatable bonds is 4. The summed E-state index contributed by atoms with van der Waals surface area (Å²) in [4.78, 5) is 35.3. The van der Waals surface area contributed by atoms with Crippen molar-refractivity contribution in [3.63, 3.8) is 0 Å². The number of amides is 2. The second kappa shape index (κ2) is 7.14. The predicted molar refractivity (Wildman–Crippen MR) is 124 cm³/mol. The maximum absolute atomic E-state index is 13.3. The zero-order valence-corrected chi connectivity index (χ0v) is 19.1. The average Bonchev–Trinajstić information content (AvgIpc) is 3.15. The molecule has 33 heavy (non-hydrogen) atoms. The van der Waals surface area contributed by atoms with E-state index in [1.165, 1.54) is 6.42 Å². The third-order valence-corrected chi connectivity index (χ3v) is 7.79.